The lowest BCUT2D eigenvalue weighted by molar-refractivity contribution is 0.0685. The molecule has 0 amide bonds. The van der Waals surface area contributed by atoms with E-state index in [4.69, 9.17) is 9.63 Å². The van der Waals surface area contributed by atoms with Crippen molar-refractivity contribution in [1.29, 1.82) is 0 Å². The summed E-state index contributed by atoms with van der Waals surface area (Å²) in [4.78, 5) is 10.6. The third-order valence-electron chi connectivity index (χ3n) is 2.36. The van der Waals surface area contributed by atoms with Gasteiger partial charge in [0.05, 0.1) is 0 Å². The molecular formula is C13H11NO3. The van der Waals surface area contributed by atoms with Crippen LogP contribution in [0.4, 0.5) is 0 Å². The maximum absolute atomic E-state index is 10.6. The average Bonchev–Trinajstić information content (AvgIpc) is 2.77. The summed E-state index contributed by atoms with van der Waals surface area (Å²) < 4.78 is 4.87. The van der Waals surface area contributed by atoms with Gasteiger partial charge in [-0.3, -0.25) is 0 Å². The molecule has 17 heavy (non-hydrogen) atoms. The zero-order valence-electron chi connectivity index (χ0n) is 9.25. The summed E-state index contributed by atoms with van der Waals surface area (Å²) in [5.41, 5.74) is 2.11. The van der Waals surface area contributed by atoms with Gasteiger partial charge in [-0.1, -0.05) is 35.5 Å². The molecule has 2 aromatic rings. The van der Waals surface area contributed by atoms with Crippen LogP contribution in [0.1, 0.15) is 27.4 Å². The van der Waals surface area contributed by atoms with Crippen LogP contribution < -0.4 is 0 Å². The number of nitrogens with zero attached hydrogens (tertiary/aromatic N) is 1. The predicted molar refractivity (Wildman–Crippen MR) is 63.6 cm³/mol. The van der Waals surface area contributed by atoms with Crippen molar-refractivity contribution in [3.05, 3.63) is 52.9 Å². The van der Waals surface area contributed by atoms with Gasteiger partial charge in [0.2, 0.25) is 0 Å². The van der Waals surface area contributed by atoms with Gasteiger partial charge in [0, 0.05) is 6.07 Å². The average molecular weight is 229 g/mol. The summed E-state index contributed by atoms with van der Waals surface area (Å²) in [6.07, 6.45) is 3.56. The minimum atomic E-state index is -1.09. The minimum Gasteiger partial charge on any atom is -0.476 e. The highest BCUT2D eigenvalue weighted by atomic mass is 16.5. The van der Waals surface area contributed by atoms with Crippen LogP contribution in [0.25, 0.3) is 12.2 Å². The molecule has 0 radical (unpaired) electrons. The lowest BCUT2D eigenvalue weighted by Crippen LogP contribution is -1.94. The van der Waals surface area contributed by atoms with Gasteiger partial charge in [-0.2, -0.15) is 0 Å². The summed E-state index contributed by atoms with van der Waals surface area (Å²) in [5, 5.41) is 12.1. The monoisotopic (exact) mass is 229 g/mol. The molecule has 4 heteroatoms. The van der Waals surface area contributed by atoms with E-state index in [0.29, 0.717) is 5.76 Å². The Morgan fingerprint density at radius 3 is 2.76 bits per heavy atom. The molecule has 1 N–H and O–H groups in total. The fraction of sp³-hybridized carbons (Fsp3) is 0.0769. The summed E-state index contributed by atoms with van der Waals surface area (Å²) in [6, 6.07) is 9.26. The molecule has 0 saturated heterocycles. The quantitative estimate of drug-likeness (QED) is 0.878. The van der Waals surface area contributed by atoms with E-state index in [1.54, 1.807) is 6.08 Å². The molecule has 1 aromatic carbocycles. The van der Waals surface area contributed by atoms with Crippen molar-refractivity contribution in [2.45, 2.75) is 6.92 Å². The number of carbonyl (C=O) groups is 1. The molecule has 0 bridgehead atoms. The first kappa shape index (κ1) is 11.1. The first-order valence-corrected chi connectivity index (χ1v) is 5.10. The third kappa shape index (κ3) is 2.60. The van der Waals surface area contributed by atoms with Crippen molar-refractivity contribution < 1.29 is 14.4 Å². The van der Waals surface area contributed by atoms with Crippen LogP contribution in [-0.4, -0.2) is 16.2 Å². The molecule has 0 aliphatic rings. The number of benzene rings is 1. The second-order valence-corrected chi connectivity index (χ2v) is 3.61. The fourth-order valence-electron chi connectivity index (χ4n) is 1.41. The Kier molecular flexibility index (Phi) is 3.05. The van der Waals surface area contributed by atoms with Gasteiger partial charge in [-0.15, -0.1) is 0 Å². The minimum absolute atomic E-state index is 0.0885. The largest absolute Gasteiger partial charge is 0.476 e. The second kappa shape index (κ2) is 4.65. The normalized spacial score (nSPS) is 10.9. The van der Waals surface area contributed by atoms with E-state index in [0.717, 1.165) is 11.1 Å². The van der Waals surface area contributed by atoms with E-state index in [-0.39, 0.29) is 5.69 Å². The molecule has 0 fully saturated rings. The predicted octanol–water partition coefficient (Wildman–Crippen LogP) is 2.85. The molecule has 0 saturated carbocycles. The van der Waals surface area contributed by atoms with E-state index in [1.807, 2.05) is 37.3 Å². The first-order valence-electron chi connectivity index (χ1n) is 5.10. The Balaban J connectivity index is 2.20. The summed E-state index contributed by atoms with van der Waals surface area (Å²) in [7, 11) is 0. The molecule has 0 aliphatic heterocycles. The molecule has 1 aromatic heterocycles. The summed E-state index contributed by atoms with van der Waals surface area (Å²) in [5.74, 6) is -0.671. The maximum atomic E-state index is 10.6. The summed E-state index contributed by atoms with van der Waals surface area (Å²) in [6.45, 7) is 2.00. The number of aromatic nitrogens is 1. The van der Waals surface area contributed by atoms with Crippen molar-refractivity contribution in [2.75, 3.05) is 0 Å². The fourth-order valence-corrected chi connectivity index (χ4v) is 1.41. The highest BCUT2D eigenvalue weighted by Crippen LogP contribution is 2.12. The van der Waals surface area contributed by atoms with Crippen molar-refractivity contribution in [3.63, 3.8) is 0 Å². The number of rotatable bonds is 3. The summed E-state index contributed by atoms with van der Waals surface area (Å²) >= 11 is 0. The van der Waals surface area contributed by atoms with Crippen molar-refractivity contribution in [1.82, 2.24) is 5.16 Å². The first-order chi connectivity index (χ1) is 8.16. The Hall–Kier alpha value is -2.36. The number of carboxylic acids is 1. The van der Waals surface area contributed by atoms with Gasteiger partial charge in [-0.25, -0.2) is 4.79 Å². The molecule has 4 nitrogen and oxygen atoms in total. The van der Waals surface area contributed by atoms with Crippen LogP contribution in [0.5, 0.6) is 0 Å². The van der Waals surface area contributed by atoms with Crippen LogP contribution in [0.15, 0.2) is 34.9 Å². The van der Waals surface area contributed by atoms with Crippen LogP contribution in [0.3, 0.4) is 0 Å². The molecule has 2 rings (SSSR count). The SMILES string of the molecule is Cc1ccccc1C=Cc1cc(C(=O)O)no1. The van der Waals surface area contributed by atoms with Gasteiger partial charge < -0.3 is 9.63 Å². The Morgan fingerprint density at radius 1 is 1.35 bits per heavy atom. The van der Waals surface area contributed by atoms with Crippen LogP contribution in [0, 0.1) is 6.92 Å². The van der Waals surface area contributed by atoms with Crippen molar-refractivity contribution >= 4 is 18.1 Å². The van der Waals surface area contributed by atoms with Crippen LogP contribution in [-0.2, 0) is 0 Å². The van der Waals surface area contributed by atoms with Gasteiger partial charge in [0.25, 0.3) is 0 Å². The third-order valence-corrected chi connectivity index (χ3v) is 2.36. The lowest BCUT2D eigenvalue weighted by Gasteiger charge is -1.96. The number of aryl methyl sites for hydroxylation is 1. The Bertz CT molecular complexity index is 570. The van der Waals surface area contributed by atoms with Gasteiger partial charge >= 0.3 is 5.97 Å². The molecule has 0 atom stereocenters. The van der Waals surface area contributed by atoms with E-state index in [2.05, 4.69) is 5.16 Å². The highest BCUT2D eigenvalue weighted by Gasteiger charge is 2.08. The maximum Gasteiger partial charge on any atom is 0.358 e. The zero-order valence-corrected chi connectivity index (χ0v) is 9.25. The van der Waals surface area contributed by atoms with E-state index in [1.165, 1.54) is 6.07 Å². The second-order valence-electron chi connectivity index (χ2n) is 3.61. The van der Waals surface area contributed by atoms with Gasteiger partial charge in [0.15, 0.2) is 11.5 Å². The van der Waals surface area contributed by atoms with E-state index < -0.39 is 5.97 Å². The van der Waals surface area contributed by atoms with Crippen LogP contribution in [0.2, 0.25) is 0 Å². The topological polar surface area (TPSA) is 63.3 Å². The molecule has 0 aliphatic carbocycles. The molecule has 0 unspecified atom stereocenters. The number of hydrogen-bond donors (Lipinski definition) is 1. The van der Waals surface area contributed by atoms with Crippen LogP contribution >= 0.6 is 0 Å². The molecule has 1 heterocycles. The lowest BCUT2D eigenvalue weighted by atomic mass is 10.1. The van der Waals surface area contributed by atoms with Crippen molar-refractivity contribution in [2.24, 2.45) is 0 Å². The highest BCUT2D eigenvalue weighted by molar-refractivity contribution is 5.86. The standard InChI is InChI=1S/C13H11NO3/c1-9-4-2-3-5-10(9)6-7-11-8-12(13(15)16)14-17-11/h2-8H,1H3,(H,15,16). The smallest absolute Gasteiger partial charge is 0.358 e. The van der Waals surface area contributed by atoms with Gasteiger partial charge in [-0.05, 0) is 24.1 Å². The van der Waals surface area contributed by atoms with E-state index in [9.17, 15) is 4.79 Å². The van der Waals surface area contributed by atoms with Gasteiger partial charge in [0.1, 0.15) is 0 Å². The zero-order chi connectivity index (χ0) is 12.3. The molecule has 86 valence electrons. The Labute approximate surface area is 98.2 Å². The number of aromatic carboxylic acids is 1. The van der Waals surface area contributed by atoms with Crippen molar-refractivity contribution in [3.8, 4) is 0 Å². The number of carboxylic acid groups (broad SMARTS) is 1. The molecule has 0 spiro atoms. The number of hydrogen-bond acceptors (Lipinski definition) is 3. The molecular weight excluding hydrogens is 218 g/mol. The Morgan fingerprint density at radius 2 is 2.12 bits per heavy atom. The van der Waals surface area contributed by atoms with E-state index >= 15 is 0 Å².